The van der Waals surface area contributed by atoms with Gasteiger partial charge >= 0.3 is 0 Å². The van der Waals surface area contributed by atoms with Crippen molar-refractivity contribution in [2.45, 2.75) is 11.3 Å². The zero-order valence-corrected chi connectivity index (χ0v) is 17.4. The van der Waals surface area contributed by atoms with Crippen molar-refractivity contribution in [2.24, 2.45) is 0 Å². The molecule has 0 saturated carbocycles. The summed E-state index contributed by atoms with van der Waals surface area (Å²) >= 11 is 6.62. The van der Waals surface area contributed by atoms with Gasteiger partial charge in [0.05, 0.1) is 16.4 Å². The lowest BCUT2D eigenvalue weighted by atomic mass is 10.2. The average Bonchev–Trinajstić information content (AvgIpc) is 3.00. The highest BCUT2D eigenvalue weighted by Crippen LogP contribution is 2.26. The molecule has 0 unspecified atom stereocenters. The summed E-state index contributed by atoms with van der Waals surface area (Å²) in [6, 6.07) is 12.9. The number of imide groups is 1. The summed E-state index contributed by atoms with van der Waals surface area (Å²) in [5.41, 5.74) is 0.764. The summed E-state index contributed by atoms with van der Waals surface area (Å²) in [6.45, 7) is 0.561. The van der Waals surface area contributed by atoms with Crippen LogP contribution in [0.25, 0.3) is 6.08 Å². The maximum Gasteiger partial charge on any atom is 0.290 e. The second-order valence-corrected chi connectivity index (χ2v) is 9.19. The number of hydrogen-bond acceptors (Lipinski definition) is 6. The molecule has 152 valence electrons. The molecule has 1 fully saturated rings. The number of amides is 2. The van der Waals surface area contributed by atoms with Crippen LogP contribution >= 0.6 is 23.4 Å². The van der Waals surface area contributed by atoms with Crippen molar-refractivity contribution in [3.05, 3.63) is 64.0 Å². The molecule has 10 heteroatoms. The molecule has 2 aromatic rings. The van der Waals surface area contributed by atoms with Gasteiger partial charge in [-0.05, 0) is 66.2 Å². The topological polar surface area (TPSA) is 102 Å². The maximum absolute atomic E-state index is 12.1. The molecule has 0 radical (unpaired) electrons. The Morgan fingerprint density at radius 3 is 2.38 bits per heavy atom. The standard InChI is InChI=1S/C19H17ClN2O5S2/c20-14-4-8-16(9-5-14)29(25,26)21-10-1-11-27-15-6-2-13(3-7-15)12-17-18(23)22-19(24)28-17/h2-9,12,21H,1,10-11H2,(H,22,23,24)/b17-12-. The molecule has 29 heavy (non-hydrogen) atoms. The molecule has 0 bridgehead atoms. The maximum atomic E-state index is 12.1. The van der Waals surface area contributed by atoms with Crippen LogP contribution in [0, 0.1) is 0 Å². The number of benzene rings is 2. The zero-order valence-electron chi connectivity index (χ0n) is 15.1. The molecule has 2 N–H and O–H groups in total. The Labute approximate surface area is 177 Å². The molecule has 1 heterocycles. The van der Waals surface area contributed by atoms with Gasteiger partial charge in [-0.2, -0.15) is 0 Å². The predicted octanol–water partition coefficient (Wildman–Crippen LogP) is 3.41. The van der Waals surface area contributed by atoms with Crippen LogP contribution in [0.4, 0.5) is 4.79 Å². The van der Waals surface area contributed by atoms with Gasteiger partial charge in [-0.3, -0.25) is 14.9 Å². The fourth-order valence-electron chi connectivity index (χ4n) is 2.40. The van der Waals surface area contributed by atoms with Gasteiger partial charge in [-0.15, -0.1) is 0 Å². The Morgan fingerprint density at radius 2 is 1.76 bits per heavy atom. The van der Waals surface area contributed by atoms with Gasteiger partial charge in [-0.1, -0.05) is 23.7 Å². The number of ether oxygens (including phenoxy) is 1. The number of sulfonamides is 1. The summed E-state index contributed by atoms with van der Waals surface area (Å²) < 4.78 is 32.4. The smallest absolute Gasteiger partial charge is 0.290 e. The largest absolute Gasteiger partial charge is 0.494 e. The van der Waals surface area contributed by atoms with Crippen LogP contribution in [-0.2, 0) is 14.8 Å². The first-order valence-corrected chi connectivity index (χ1v) is 11.2. The molecule has 1 saturated heterocycles. The Hall–Kier alpha value is -2.33. The monoisotopic (exact) mass is 452 g/mol. The number of rotatable bonds is 8. The van der Waals surface area contributed by atoms with Gasteiger partial charge in [0.25, 0.3) is 11.1 Å². The van der Waals surface area contributed by atoms with Crippen molar-refractivity contribution < 1.29 is 22.7 Å². The molecule has 1 aliphatic rings. The van der Waals surface area contributed by atoms with Gasteiger partial charge in [0, 0.05) is 11.6 Å². The molecular weight excluding hydrogens is 436 g/mol. The Bertz CT molecular complexity index is 1040. The van der Waals surface area contributed by atoms with E-state index in [0.717, 1.165) is 17.3 Å². The van der Waals surface area contributed by atoms with E-state index in [4.69, 9.17) is 16.3 Å². The molecule has 0 aliphatic carbocycles. The van der Waals surface area contributed by atoms with Crippen LogP contribution in [0.1, 0.15) is 12.0 Å². The Kier molecular flexibility index (Phi) is 6.96. The minimum absolute atomic E-state index is 0.156. The van der Waals surface area contributed by atoms with Gasteiger partial charge in [0.2, 0.25) is 10.0 Å². The SMILES string of the molecule is O=C1NC(=O)/C(=C/c2ccc(OCCCNS(=O)(=O)c3ccc(Cl)cc3)cc2)S1. The van der Waals surface area contributed by atoms with Crippen LogP contribution < -0.4 is 14.8 Å². The number of hydrogen-bond donors (Lipinski definition) is 2. The van der Waals surface area contributed by atoms with Gasteiger partial charge < -0.3 is 4.74 Å². The lowest BCUT2D eigenvalue weighted by Gasteiger charge is -2.08. The third kappa shape index (κ3) is 6.07. The minimum atomic E-state index is -3.58. The second-order valence-electron chi connectivity index (χ2n) is 5.97. The summed E-state index contributed by atoms with van der Waals surface area (Å²) in [5, 5.41) is 2.29. The zero-order chi connectivity index (χ0) is 20.9. The first kappa shape index (κ1) is 21.4. The number of carbonyl (C=O) groups excluding carboxylic acids is 2. The van der Waals surface area contributed by atoms with Crippen molar-refractivity contribution >= 4 is 50.6 Å². The second kappa shape index (κ2) is 9.45. The summed E-state index contributed by atoms with van der Waals surface area (Å²) in [6.07, 6.45) is 2.11. The van der Waals surface area contributed by atoms with Crippen LogP contribution in [0.3, 0.4) is 0 Å². The van der Waals surface area contributed by atoms with Crippen molar-refractivity contribution in [3.8, 4) is 5.75 Å². The minimum Gasteiger partial charge on any atom is -0.494 e. The number of nitrogens with one attached hydrogen (secondary N) is 2. The van der Waals surface area contributed by atoms with Gasteiger partial charge in [0.15, 0.2) is 0 Å². The van der Waals surface area contributed by atoms with E-state index < -0.39 is 15.9 Å². The molecule has 1 aliphatic heterocycles. The Balaban J connectivity index is 1.44. The van der Waals surface area contributed by atoms with Crippen molar-refractivity contribution in [2.75, 3.05) is 13.2 Å². The molecule has 3 rings (SSSR count). The quantitative estimate of drug-likeness (QED) is 0.470. The van der Waals surface area contributed by atoms with E-state index in [1.165, 1.54) is 24.3 Å². The number of thioether (sulfide) groups is 1. The molecule has 0 atom stereocenters. The highest BCUT2D eigenvalue weighted by Gasteiger charge is 2.24. The fraction of sp³-hybridized carbons (Fsp3) is 0.158. The fourth-order valence-corrected chi connectivity index (χ4v) is 4.28. The molecule has 0 spiro atoms. The van der Waals surface area contributed by atoms with E-state index in [0.29, 0.717) is 28.7 Å². The van der Waals surface area contributed by atoms with Crippen LogP contribution in [0.2, 0.25) is 5.02 Å². The highest BCUT2D eigenvalue weighted by atomic mass is 35.5. The van der Waals surface area contributed by atoms with E-state index in [2.05, 4.69) is 10.0 Å². The number of carbonyl (C=O) groups is 2. The summed E-state index contributed by atoms with van der Waals surface area (Å²) in [7, 11) is -3.58. The van der Waals surface area contributed by atoms with Crippen molar-refractivity contribution in [1.82, 2.24) is 10.0 Å². The first-order chi connectivity index (χ1) is 13.8. The first-order valence-electron chi connectivity index (χ1n) is 8.56. The Morgan fingerprint density at radius 1 is 1.07 bits per heavy atom. The normalized spacial score (nSPS) is 15.6. The van der Waals surface area contributed by atoms with E-state index in [-0.39, 0.29) is 16.7 Å². The van der Waals surface area contributed by atoms with Crippen molar-refractivity contribution in [1.29, 1.82) is 0 Å². The summed E-state index contributed by atoms with van der Waals surface area (Å²) in [4.78, 5) is 23.2. The van der Waals surface area contributed by atoms with Crippen LogP contribution in [0.15, 0.2) is 58.3 Å². The lowest BCUT2D eigenvalue weighted by Crippen LogP contribution is -2.25. The molecular formula is C19H17ClN2O5S2. The third-order valence-corrected chi connectivity index (χ3v) is 6.37. The van der Waals surface area contributed by atoms with Crippen LogP contribution in [-0.4, -0.2) is 32.7 Å². The third-order valence-electron chi connectivity index (χ3n) is 3.83. The highest BCUT2D eigenvalue weighted by molar-refractivity contribution is 8.18. The summed E-state index contributed by atoms with van der Waals surface area (Å²) in [5.74, 6) is 0.216. The van der Waals surface area contributed by atoms with E-state index in [1.54, 1.807) is 30.3 Å². The van der Waals surface area contributed by atoms with E-state index in [9.17, 15) is 18.0 Å². The van der Waals surface area contributed by atoms with E-state index >= 15 is 0 Å². The van der Waals surface area contributed by atoms with E-state index in [1.807, 2.05) is 0 Å². The lowest BCUT2D eigenvalue weighted by molar-refractivity contribution is -0.115. The molecule has 7 nitrogen and oxygen atoms in total. The van der Waals surface area contributed by atoms with Gasteiger partial charge in [-0.25, -0.2) is 13.1 Å². The predicted molar refractivity (Wildman–Crippen MR) is 112 cm³/mol. The average molecular weight is 453 g/mol. The van der Waals surface area contributed by atoms with Crippen molar-refractivity contribution in [3.63, 3.8) is 0 Å². The number of halogens is 1. The molecule has 2 aromatic carbocycles. The van der Waals surface area contributed by atoms with Crippen LogP contribution in [0.5, 0.6) is 5.75 Å². The molecule has 2 amide bonds. The van der Waals surface area contributed by atoms with Gasteiger partial charge in [0.1, 0.15) is 5.75 Å². The molecule has 0 aromatic heterocycles.